The third-order valence-corrected chi connectivity index (χ3v) is 4.30. The maximum absolute atomic E-state index is 13.4. The minimum Gasteiger partial charge on any atom is -0.340 e. The van der Waals surface area contributed by atoms with Gasteiger partial charge in [-0.25, -0.2) is 8.78 Å². The Hall–Kier alpha value is -3.74. The monoisotopic (exact) mass is 404 g/mol. The first-order valence-corrected chi connectivity index (χ1v) is 8.15. The van der Waals surface area contributed by atoms with Crippen molar-refractivity contribution in [3.8, 4) is 17.5 Å². The molecule has 4 aromatic rings. The van der Waals surface area contributed by atoms with Crippen LogP contribution in [0.25, 0.3) is 22.4 Å². The molecule has 0 N–H and O–H groups in total. The summed E-state index contributed by atoms with van der Waals surface area (Å²) < 4.78 is 73.1. The first kappa shape index (κ1) is 18.6. The van der Waals surface area contributed by atoms with Gasteiger partial charge in [0.2, 0.25) is 0 Å². The lowest BCUT2D eigenvalue weighted by molar-refractivity contribution is -0.136. The third-order valence-electron chi connectivity index (χ3n) is 4.30. The van der Waals surface area contributed by atoms with Crippen molar-refractivity contribution in [3.63, 3.8) is 0 Å². The lowest BCUT2D eigenvalue weighted by Gasteiger charge is -2.11. The molecule has 146 valence electrons. The molecule has 4 rings (SSSR count). The Morgan fingerprint density at radius 2 is 1.86 bits per heavy atom. The van der Waals surface area contributed by atoms with Gasteiger partial charge in [-0.1, -0.05) is 5.16 Å². The first-order chi connectivity index (χ1) is 13.8. The van der Waals surface area contributed by atoms with E-state index in [1.54, 1.807) is 6.07 Å². The Morgan fingerprint density at radius 1 is 1.07 bits per heavy atom. The third kappa shape index (κ3) is 3.31. The Bertz CT molecular complexity index is 1270. The number of aromatic nitrogens is 3. The smallest absolute Gasteiger partial charge is 0.340 e. The average Bonchev–Trinajstić information content (AvgIpc) is 3.30. The molecular weight excluding hydrogens is 395 g/mol. The minimum absolute atomic E-state index is 0.0279. The van der Waals surface area contributed by atoms with Crippen LogP contribution in [0.4, 0.5) is 22.0 Å². The van der Waals surface area contributed by atoms with Crippen molar-refractivity contribution in [2.75, 3.05) is 0 Å². The van der Waals surface area contributed by atoms with Gasteiger partial charge in [0.25, 0.3) is 5.89 Å². The van der Waals surface area contributed by atoms with E-state index in [0.717, 1.165) is 18.2 Å². The number of halogens is 5. The summed E-state index contributed by atoms with van der Waals surface area (Å²) >= 11 is 0. The molecule has 0 aliphatic heterocycles. The molecule has 0 spiro atoms. The molecule has 0 radical (unpaired) electrons. The number of fused-ring (bicyclic) bond motifs is 1. The largest absolute Gasteiger partial charge is 0.418 e. The molecule has 2 aromatic heterocycles. The van der Waals surface area contributed by atoms with Crippen LogP contribution in [0, 0.1) is 23.0 Å². The number of hydrogen-bond donors (Lipinski definition) is 0. The number of nitrogens with zero attached hydrogens (tertiary/aromatic N) is 4. The van der Waals surface area contributed by atoms with Crippen LogP contribution in [0.15, 0.2) is 47.1 Å². The fourth-order valence-electron chi connectivity index (χ4n) is 3.03. The highest BCUT2D eigenvalue weighted by Gasteiger charge is 2.36. The molecule has 2 heterocycles. The Morgan fingerprint density at radius 3 is 2.55 bits per heavy atom. The van der Waals surface area contributed by atoms with E-state index in [1.165, 1.54) is 29.0 Å². The standard InChI is InChI=1S/C19H9F5N4O/c20-13-3-1-10(7-14(13)21)18-26-16(27-29-18)9-28-6-5-12-15(28)4-2-11(8-25)17(12)19(22,23)24/h1-7H,9H2. The molecule has 0 unspecified atom stereocenters. The maximum atomic E-state index is 13.4. The summed E-state index contributed by atoms with van der Waals surface area (Å²) in [7, 11) is 0. The van der Waals surface area contributed by atoms with E-state index in [2.05, 4.69) is 10.1 Å². The molecule has 2 aromatic carbocycles. The summed E-state index contributed by atoms with van der Waals surface area (Å²) in [6.45, 7) is -0.0279. The van der Waals surface area contributed by atoms with Crippen LogP contribution >= 0.6 is 0 Å². The summed E-state index contributed by atoms with van der Waals surface area (Å²) in [4.78, 5) is 4.08. The Kier molecular flexibility index (Phi) is 4.30. The zero-order chi connectivity index (χ0) is 20.8. The topological polar surface area (TPSA) is 67.6 Å². The van der Waals surface area contributed by atoms with Gasteiger partial charge in [-0.2, -0.15) is 23.4 Å². The Labute approximate surface area is 159 Å². The van der Waals surface area contributed by atoms with Gasteiger partial charge in [0.15, 0.2) is 17.5 Å². The van der Waals surface area contributed by atoms with Gasteiger partial charge in [0.05, 0.1) is 23.7 Å². The van der Waals surface area contributed by atoms with Crippen LogP contribution in [0.1, 0.15) is 17.0 Å². The van der Waals surface area contributed by atoms with Crippen molar-refractivity contribution in [2.24, 2.45) is 0 Å². The van der Waals surface area contributed by atoms with Gasteiger partial charge in [-0.15, -0.1) is 0 Å². The van der Waals surface area contributed by atoms with E-state index in [-0.39, 0.29) is 34.7 Å². The van der Waals surface area contributed by atoms with Gasteiger partial charge in [0.1, 0.15) is 0 Å². The van der Waals surface area contributed by atoms with E-state index in [1.807, 2.05) is 0 Å². The normalized spacial score (nSPS) is 11.7. The van der Waals surface area contributed by atoms with Crippen molar-refractivity contribution in [3.05, 3.63) is 71.2 Å². The zero-order valence-electron chi connectivity index (χ0n) is 14.3. The summed E-state index contributed by atoms with van der Waals surface area (Å²) in [6, 6.07) is 8.40. The van der Waals surface area contributed by atoms with E-state index >= 15 is 0 Å². The second-order valence-electron chi connectivity index (χ2n) is 6.12. The zero-order valence-corrected chi connectivity index (χ0v) is 14.3. The van der Waals surface area contributed by atoms with Crippen molar-refractivity contribution in [1.29, 1.82) is 5.26 Å². The molecule has 0 amide bonds. The highest BCUT2D eigenvalue weighted by molar-refractivity contribution is 5.86. The SMILES string of the molecule is N#Cc1ccc2c(ccn2Cc2noc(-c3ccc(F)c(F)c3)n2)c1C(F)(F)F. The molecule has 0 fully saturated rings. The molecule has 0 saturated heterocycles. The highest BCUT2D eigenvalue weighted by atomic mass is 19.4. The van der Waals surface area contributed by atoms with Crippen molar-refractivity contribution in [1.82, 2.24) is 14.7 Å². The number of alkyl halides is 3. The van der Waals surface area contributed by atoms with E-state index < -0.39 is 28.9 Å². The van der Waals surface area contributed by atoms with Crippen LogP contribution in [0.5, 0.6) is 0 Å². The second kappa shape index (κ2) is 6.70. The van der Waals surface area contributed by atoms with Gasteiger partial charge in [-0.05, 0) is 36.4 Å². The lowest BCUT2D eigenvalue weighted by atomic mass is 10.0. The second-order valence-corrected chi connectivity index (χ2v) is 6.12. The van der Waals surface area contributed by atoms with Gasteiger partial charge >= 0.3 is 6.18 Å². The van der Waals surface area contributed by atoms with Gasteiger partial charge in [0, 0.05) is 22.7 Å². The lowest BCUT2D eigenvalue weighted by Crippen LogP contribution is -2.09. The van der Waals surface area contributed by atoms with Crippen LogP contribution in [0.2, 0.25) is 0 Å². The molecule has 10 heteroatoms. The fourth-order valence-corrected chi connectivity index (χ4v) is 3.03. The van der Waals surface area contributed by atoms with E-state index in [0.29, 0.717) is 0 Å². The molecule has 0 bridgehead atoms. The number of nitriles is 1. The van der Waals surface area contributed by atoms with Crippen LogP contribution in [-0.4, -0.2) is 14.7 Å². The van der Waals surface area contributed by atoms with E-state index in [4.69, 9.17) is 9.78 Å². The first-order valence-electron chi connectivity index (χ1n) is 8.15. The summed E-state index contributed by atoms with van der Waals surface area (Å²) in [6.07, 6.45) is -3.28. The number of rotatable bonds is 3. The quantitative estimate of drug-likeness (QED) is 0.455. The Balaban J connectivity index is 1.70. The highest BCUT2D eigenvalue weighted by Crippen LogP contribution is 2.37. The van der Waals surface area contributed by atoms with Crippen LogP contribution in [-0.2, 0) is 12.7 Å². The van der Waals surface area contributed by atoms with Gasteiger partial charge in [-0.3, -0.25) is 0 Å². The van der Waals surface area contributed by atoms with Gasteiger partial charge < -0.3 is 9.09 Å². The summed E-state index contributed by atoms with van der Waals surface area (Å²) in [5.41, 5.74) is -1.08. The van der Waals surface area contributed by atoms with Crippen LogP contribution < -0.4 is 0 Å². The molecule has 0 saturated carbocycles. The minimum atomic E-state index is -4.69. The van der Waals surface area contributed by atoms with Crippen molar-refractivity contribution in [2.45, 2.75) is 12.7 Å². The number of benzene rings is 2. The molecule has 0 atom stereocenters. The molecule has 0 aliphatic rings. The summed E-state index contributed by atoms with van der Waals surface area (Å²) in [5, 5.41) is 12.6. The molecule has 29 heavy (non-hydrogen) atoms. The molecule has 5 nitrogen and oxygen atoms in total. The van der Waals surface area contributed by atoms with Crippen molar-refractivity contribution >= 4 is 10.9 Å². The predicted molar refractivity (Wildman–Crippen MR) is 90.4 cm³/mol. The molecular formula is C19H9F5N4O. The maximum Gasteiger partial charge on any atom is 0.418 e. The van der Waals surface area contributed by atoms with E-state index in [9.17, 15) is 22.0 Å². The fraction of sp³-hybridized carbons (Fsp3) is 0.105. The van der Waals surface area contributed by atoms with Crippen molar-refractivity contribution < 1.29 is 26.5 Å². The molecule has 0 aliphatic carbocycles. The number of hydrogen-bond acceptors (Lipinski definition) is 4. The van der Waals surface area contributed by atoms with Crippen LogP contribution in [0.3, 0.4) is 0 Å². The average molecular weight is 404 g/mol. The predicted octanol–water partition coefficient (Wildman–Crippen LogP) is 4.91. The summed E-state index contributed by atoms with van der Waals surface area (Å²) in [5.74, 6) is -2.03.